The smallest absolute Gasteiger partial charge is 0.336 e. The van der Waals surface area contributed by atoms with E-state index >= 15 is 0 Å². The Bertz CT molecular complexity index is 865. The molecule has 0 aliphatic heterocycles. The van der Waals surface area contributed by atoms with Crippen LogP contribution < -0.4 is 14.2 Å². The minimum atomic E-state index is -0.683. The fourth-order valence-electron chi connectivity index (χ4n) is 2.16. The molecule has 0 saturated heterocycles. The zero-order valence-electron chi connectivity index (χ0n) is 14.8. The van der Waals surface area contributed by atoms with Crippen molar-refractivity contribution in [2.24, 2.45) is 0 Å². The molecule has 0 atom stereocenters. The molecule has 0 aliphatic carbocycles. The summed E-state index contributed by atoms with van der Waals surface area (Å²) in [5.41, 5.74) is 0.445. The second kappa shape index (κ2) is 9.59. The lowest BCUT2D eigenvalue weighted by atomic mass is 10.2. The highest BCUT2D eigenvalue weighted by Crippen LogP contribution is 2.36. The third-order valence-corrected chi connectivity index (χ3v) is 3.64. The van der Waals surface area contributed by atoms with E-state index in [0.29, 0.717) is 28.7 Å². The van der Waals surface area contributed by atoms with Crippen LogP contribution in [0.5, 0.6) is 17.2 Å². The second-order valence-corrected chi connectivity index (χ2v) is 5.80. The third-order valence-electron chi connectivity index (χ3n) is 3.36. The van der Waals surface area contributed by atoms with Crippen molar-refractivity contribution in [2.75, 3.05) is 13.7 Å². The largest absolute Gasteiger partial charge is 0.493 e. The lowest BCUT2D eigenvalue weighted by Crippen LogP contribution is -2.04. The molecule has 2 aromatic rings. The maximum atomic E-state index is 11.9. The summed E-state index contributed by atoms with van der Waals surface area (Å²) in [6.45, 7) is 2.48. The highest BCUT2D eigenvalue weighted by molar-refractivity contribution is 6.32. The fourth-order valence-corrected chi connectivity index (χ4v) is 2.43. The van der Waals surface area contributed by atoms with E-state index in [1.165, 1.54) is 43.5 Å². The van der Waals surface area contributed by atoms with Crippen LogP contribution in [0.15, 0.2) is 42.5 Å². The number of nitro groups is 1. The van der Waals surface area contributed by atoms with Gasteiger partial charge in [-0.25, -0.2) is 4.79 Å². The molecular formula is C19H18ClNO6. The quantitative estimate of drug-likeness (QED) is 0.214. The first-order valence-corrected chi connectivity index (χ1v) is 8.47. The lowest BCUT2D eigenvalue weighted by molar-refractivity contribution is -0.384. The number of hydrogen-bond donors (Lipinski definition) is 0. The Morgan fingerprint density at radius 1 is 1.30 bits per heavy atom. The number of methoxy groups -OCH3 is 1. The van der Waals surface area contributed by atoms with Gasteiger partial charge in [0.2, 0.25) is 0 Å². The molecule has 0 amide bonds. The zero-order chi connectivity index (χ0) is 19.8. The molecule has 0 heterocycles. The molecule has 142 valence electrons. The average Bonchev–Trinajstić information content (AvgIpc) is 2.65. The Balaban J connectivity index is 2.12. The molecule has 2 aromatic carbocycles. The molecule has 0 fully saturated rings. The number of hydrogen-bond acceptors (Lipinski definition) is 6. The lowest BCUT2D eigenvalue weighted by Gasteiger charge is -2.12. The molecule has 0 unspecified atom stereocenters. The van der Waals surface area contributed by atoms with Gasteiger partial charge in [0.05, 0.1) is 29.7 Å². The molecular weight excluding hydrogens is 374 g/mol. The first-order chi connectivity index (χ1) is 12.9. The van der Waals surface area contributed by atoms with E-state index in [2.05, 4.69) is 0 Å². The van der Waals surface area contributed by atoms with Crippen molar-refractivity contribution in [1.82, 2.24) is 0 Å². The van der Waals surface area contributed by atoms with Gasteiger partial charge in [0, 0.05) is 12.1 Å². The topological polar surface area (TPSA) is 87.9 Å². The van der Waals surface area contributed by atoms with E-state index in [0.717, 1.165) is 6.42 Å². The standard InChI is InChI=1S/C19H18ClNO6/c1-3-9-26-19-16(20)10-13(11-17(19)25-2)7-8-18(22)27-15-6-4-5-14(12-15)21(23)24/h4-8,10-12H,3,9H2,1-2H3/b8-7+. The van der Waals surface area contributed by atoms with Crippen LogP contribution in [-0.2, 0) is 4.79 Å². The Morgan fingerprint density at radius 2 is 2.07 bits per heavy atom. The van der Waals surface area contributed by atoms with Gasteiger partial charge >= 0.3 is 5.97 Å². The molecule has 0 spiro atoms. The fraction of sp³-hybridized carbons (Fsp3) is 0.211. The van der Waals surface area contributed by atoms with Gasteiger partial charge in [0.25, 0.3) is 5.69 Å². The summed E-state index contributed by atoms with van der Waals surface area (Å²) in [5, 5.41) is 11.1. The molecule has 0 bridgehead atoms. The van der Waals surface area contributed by atoms with Crippen molar-refractivity contribution >= 4 is 29.3 Å². The molecule has 0 saturated carbocycles. The first-order valence-electron chi connectivity index (χ1n) is 8.09. The normalized spacial score (nSPS) is 10.6. The minimum Gasteiger partial charge on any atom is -0.493 e. The van der Waals surface area contributed by atoms with Crippen molar-refractivity contribution < 1.29 is 23.9 Å². The van der Waals surface area contributed by atoms with E-state index in [1.54, 1.807) is 12.1 Å². The predicted octanol–water partition coefficient (Wildman–Crippen LogP) is 4.66. The SMILES string of the molecule is CCCOc1c(Cl)cc(/C=C/C(=O)Oc2cccc([N+](=O)[O-])c2)cc1OC. The highest BCUT2D eigenvalue weighted by atomic mass is 35.5. The molecule has 0 radical (unpaired) electrons. The third kappa shape index (κ3) is 5.72. The Hall–Kier alpha value is -3.06. The molecule has 0 aromatic heterocycles. The van der Waals surface area contributed by atoms with Crippen LogP contribution in [0.1, 0.15) is 18.9 Å². The van der Waals surface area contributed by atoms with E-state index < -0.39 is 10.9 Å². The zero-order valence-corrected chi connectivity index (χ0v) is 15.6. The summed E-state index contributed by atoms with van der Waals surface area (Å²) in [6, 6.07) is 8.68. The highest BCUT2D eigenvalue weighted by Gasteiger charge is 2.12. The van der Waals surface area contributed by atoms with Gasteiger partial charge in [-0.3, -0.25) is 10.1 Å². The van der Waals surface area contributed by atoms with Gasteiger partial charge in [-0.15, -0.1) is 0 Å². The van der Waals surface area contributed by atoms with E-state index in [-0.39, 0.29) is 11.4 Å². The number of benzene rings is 2. The van der Waals surface area contributed by atoms with Crippen molar-refractivity contribution in [1.29, 1.82) is 0 Å². The van der Waals surface area contributed by atoms with Crippen LogP contribution in [0.3, 0.4) is 0 Å². The van der Waals surface area contributed by atoms with Gasteiger partial charge in [-0.1, -0.05) is 24.6 Å². The first kappa shape index (κ1) is 20.3. The van der Waals surface area contributed by atoms with Crippen molar-refractivity contribution in [3.8, 4) is 17.2 Å². The number of rotatable bonds is 8. The Kier molecular flexibility index (Phi) is 7.19. The van der Waals surface area contributed by atoms with Gasteiger partial charge < -0.3 is 14.2 Å². The van der Waals surface area contributed by atoms with Crippen LogP contribution in [0.25, 0.3) is 6.08 Å². The maximum absolute atomic E-state index is 11.9. The van der Waals surface area contributed by atoms with Gasteiger partial charge in [0.15, 0.2) is 11.5 Å². The number of nitrogens with zero attached hydrogens (tertiary/aromatic N) is 1. The van der Waals surface area contributed by atoms with E-state index in [9.17, 15) is 14.9 Å². The minimum absolute atomic E-state index is 0.0813. The van der Waals surface area contributed by atoms with Crippen LogP contribution >= 0.6 is 11.6 Å². The van der Waals surface area contributed by atoms with E-state index in [1.807, 2.05) is 6.92 Å². The molecule has 7 nitrogen and oxygen atoms in total. The van der Waals surface area contributed by atoms with Gasteiger partial charge in [-0.05, 0) is 36.3 Å². The number of ether oxygens (including phenoxy) is 3. The number of non-ortho nitro benzene ring substituents is 1. The van der Waals surface area contributed by atoms with Crippen LogP contribution in [-0.4, -0.2) is 24.6 Å². The summed E-state index contributed by atoms with van der Waals surface area (Å²) < 4.78 is 15.9. The molecule has 0 N–H and O–H groups in total. The van der Waals surface area contributed by atoms with Crippen LogP contribution in [0.2, 0.25) is 5.02 Å². The van der Waals surface area contributed by atoms with E-state index in [4.69, 9.17) is 25.8 Å². The molecule has 27 heavy (non-hydrogen) atoms. The maximum Gasteiger partial charge on any atom is 0.336 e. The summed E-state index contributed by atoms with van der Waals surface area (Å²) in [7, 11) is 1.49. The van der Waals surface area contributed by atoms with Crippen LogP contribution in [0.4, 0.5) is 5.69 Å². The monoisotopic (exact) mass is 391 g/mol. The number of carbonyl (C=O) groups excluding carboxylic acids is 1. The summed E-state index contributed by atoms with van der Waals surface area (Å²) in [6.07, 6.45) is 3.51. The molecule has 8 heteroatoms. The summed E-state index contributed by atoms with van der Waals surface area (Å²) >= 11 is 6.22. The number of carbonyl (C=O) groups is 1. The summed E-state index contributed by atoms with van der Waals surface area (Å²) in [4.78, 5) is 22.1. The van der Waals surface area contributed by atoms with Crippen LogP contribution in [0, 0.1) is 10.1 Å². The van der Waals surface area contributed by atoms with Gasteiger partial charge in [-0.2, -0.15) is 0 Å². The van der Waals surface area contributed by atoms with Crippen molar-refractivity contribution in [3.63, 3.8) is 0 Å². The number of halogens is 1. The summed E-state index contributed by atoms with van der Waals surface area (Å²) in [5.74, 6) is 0.287. The second-order valence-electron chi connectivity index (χ2n) is 5.39. The Labute approximate surface area is 161 Å². The van der Waals surface area contributed by atoms with Crippen molar-refractivity contribution in [2.45, 2.75) is 13.3 Å². The predicted molar refractivity (Wildman–Crippen MR) is 102 cm³/mol. The molecule has 0 aliphatic rings. The van der Waals surface area contributed by atoms with Crippen molar-refractivity contribution in [3.05, 3.63) is 63.2 Å². The molecule has 2 rings (SSSR count). The number of esters is 1. The Morgan fingerprint density at radius 3 is 2.74 bits per heavy atom. The number of nitro benzene ring substituents is 1. The van der Waals surface area contributed by atoms with Gasteiger partial charge in [0.1, 0.15) is 5.75 Å². The average molecular weight is 392 g/mol.